The maximum absolute atomic E-state index is 8.40. The lowest BCUT2D eigenvalue weighted by molar-refractivity contribution is 0.201. The molecule has 0 fully saturated rings. The number of hydrogen-bond acceptors (Lipinski definition) is 3. The summed E-state index contributed by atoms with van der Waals surface area (Å²) < 4.78 is 5.11. The van der Waals surface area contributed by atoms with Gasteiger partial charge >= 0.3 is 0 Å². The first-order valence-electron chi connectivity index (χ1n) is 9.18. The van der Waals surface area contributed by atoms with Crippen LogP contribution in [0.1, 0.15) is 64.7 Å². The standard InChI is InChI=1S/C13H23N.C8H10O2/c1-2-3-4-5-6-7-8-9-10-11-12-13-14;9-6-7-10-8-4-2-1-3-5-8/h11-12H,2-10H2,1H3;1-5,9H,6-7H2. The second kappa shape index (κ2) is 19.3. The van der Waals surface area contributed by atoms with Crippen LogP contribution < -0.4 is 4.74 Å². The highest BCUT2D eigenvalue weighted by molar-refractivity contribution is 5.20. The molecule has 1 N–H and O–H groups in total. The van der Waals surface area contributed by atoms with Crippen LogP contribution in [-0.2, 0) is 0 Å². The summed E-state index contributed by atoms with van der Waals surface area (Å²) in [6.45, 7) is 2.68. The van der Waals surface area contributed by atoms with Gasteiger partial charge < -0.3 is 9.84 Å². The lowest BCUT2D eigenvalue weighted by atomic mass is 10.1. The van der Waals surface area contributed by atoms with Crippen molar-refractivity contribution in [3.8, 4) is 11.8 Å². The van der Waals surface area contributed by atoms with E-state index in [9.17, 15) is 0 Å². The van der Waals surface area contributed by atoms with Crippen molar-refractivity contribution < 1.29 is 9.84 Å². The monoisotopic (exact) mass is 331 g/mol. The van der Waals surface area contributed by atoms with E-state index < -0.39 is 0 Å². The maximum Gasteiger partial charge on any atom is 0.119 e. The van der Waals surface area contributed by atoms with Gasteiger partial charge in [-0.05, 0) is 25.0 Å². The average Bonchev–Trinajstić information content (AvgIpc) is 2.63. The fraction of sp³-hybridized carbons (Fsp3) is 0.571. The van der Waals surface area contributed by atoms with Crippen molar-refractivity contribution in [1.29, 1.82) is 5.26 Å². The molecule has 24 heavy (non-hydrogen) atoms. The molecule has 0 saturated carbocycles. The Morgan fingerprint density at radius 3 is 2.21 bits per heavy atom. The first-order chi connectivity index (χ1) is 11.8. The minimum Gasteiger partial charge on any atom is -0.491 e. The van der Waals surface area contributed by atoms with E-state index in [-0.39, 0.29) is 6.61 Å². The number of hydrogen-bond donors (Lipinski definition) is 1. The van der Waals surface area contributed by atoms with Gasteiger partial charge in [0.1, 0.15) is 12.4 Å². The normalized spacial score (nSPS) is 10.0. The topological polar surface area (TPSA) is 53.2 Å². The van der Waals surface area contributed by atoms with Crippen LogP contribution in [0.4, 0.5) is 0 Å². The number of nitriles is 1. The van der Waals surface area contributed by atoms with Crippen molar-refractivity contribution in [3.63, 3.8) is 0 Å². The molecule has 0 aliphatic carbocycles. The van der Waals surface area contributed by atoms with Crippen LogP contribution in [0.25, 0.3) is 0 Å². The summed E-state index contributed by atoms with van der Waals surface area (Å²) in [5.74, 6) is 0.802. The van der Waals surface area contributed by atoms with Crippen LogP contribution in [0, 0.1) is 11.3 Å². The van der Waals surface area contributed by atoms with Gasteiger partial charge in [0.2, 0.25) is 0 Å². The Morgan fingerprint density at radius 1 is 1.00 bits per heavy atom. The van der Waals surface area contributed by atoms with Gasteiger partial charge in [-0.2, -0.15) is 5.26 Å². The number of allylic oxidation sites excluding steroid dienone is 2. The van der Waals surface area contributed by atoms with Crippen LogP contribution in [0.2, 0.25) is 0 Å². The first-order valence-corrected chi connectivity index (χ1v) is 9.18. The van der Waals surface area contributed by atoms with E-state index in [1.165, 1.54) is 51.4 Å². The van der Waals surface area contributed by atoms with E-state index in [0.717, 1.165) is 12.2 Å². The second-order valence-electron chi connectivity index (χ2n) is 5.68. The molecule has 0 radical (unpaired) electrons. The predicted molar refractivity (Wildman–Crippen MR) is 101 cm³/mol. The molecule has 0 aliphatic heterocycles. The van der Waals surface area contributed by atoms with Crippen LogP contribution in [-0.4, -0.2) is 18.3 Å². The summed E-state index contributed by atoms with van der Waals surface area (Å²) >= 11 is 0. The lowest BCUT2D eigenvalue weighted by Crippen LogP contribution is -2.00. The zero-order chi connectivity index (χ0) is 17.7. The third-order valence-electron chi connectivity index (χ3n) is 3.52. The fourth-order valence-electron chi connectivity index (χ4n) is 2.21. The lowest BCUT2D eigenvalue weighted by Gasteiger charge is -2.01. The largest absolute Gasteiger partial charge is 0.491 e. The molecule has 0 heterocycles. The summed E-state index contributed by atoms with van der Waals surface area (Å²) in [5, 5.41) is 16.7. The van der Waals surface area contributed by atoms with Gasteiger partial charge in [0.15, 0.2) is 0 Å². The predicted octanol–water partition coefficient (Wildman–Crippen LogP) is 5.65. The Bertz CT molecular complexity index is 423. The second-order valence-corrected chi connectivity index (χ2v) is 5.68. The summed E-state index contributed by atoms with van der Waals surface area (Å²) in [4.78, 5) is 0. The Kier molecular flexibility index (Phi) is 17.8. The van der Waals surface area contributed by atoms with Crippen molar-refractivity contribution in [1.82, 2.24) is 0 Å². The zero-order valence-electron chi connectivity index (χ0n) is 15.1. The van der Waals surface area contributed by atoms with E-state index in [0.29, 0.717) is 6.61 Å². The summed E-state index contributed by atoms with van der Waals surface area (Å²) in [5.41, 5.74) is 0. The van der Waals surface area contributed by atoms with E-state index in [1.54, 1.807) is 6.08 Å². The number of rotatable bonds is 12. The highest BCUT2D eigenvalue weighted by Crippen LogP contribution is 2.09. The Balaban J connectivity index is 0.000000463. The van der Waals surface area contributed by atoms with Gasteiger partial charge in [-0.15, -0.1) is 0 Å². The first kappa shape index (κ1) is 22.2. The Morgan fingerprint density at radius 2 is 1.62 bits per heavy atom. The van der Waals surface area contributed by atoms with Crippen LogP contribution in [0.3, 0.4) is 0 Å². The minimum absolute atomic E-state index is 0.0644. The highest BCUT2D eigenvalue weighted by atomic mass is 16.5. The number of ether oxygens (including phenoxy) is 1. The Labute approximate surface area is 148 Å². The quantitative estimate of drug-likeness (QED) is 0.397. The van der Waals surface area contributed by atoms with Gasteiger partial charge in [0.05, 0.1) is 12.7 Å². The number of para-hydroxylation sites is 1. The third-order valence-corrected chi connectivity index (χ3v) is 3.52. The fourth-order valence-corrected chi connectivity index (χ4v) is 2.21. The van der Waals surface area contributed by atoms with Gasteiger partial charge in [-0.1, -0.05) is 76.1 Å². The molecule has 134 valence electrons. The van der Waals surface area contributed by atoms with Crippen LogP contribution in [0.5, 0.6) is 5.75 Å². The van der Waals surface area contributed by atoms with E-state index in [2.05, 4.69) is 6.92 Å². The number of benzene rings is 1. The summed E-state index contributed by atoms with van der Waals surface area (Å²) in [6, 6.07) is 11.4. The Hall–Kier alpha value is -1.79. The van der Waals surface area contributed by atoms with Gasteiger partial charge in [0, 0.05) is 6.08 Å². The van der Waals surface area contributed by atoms with Crippen LogP contribution in [0.15, 0.2) is 42.5 Å². The van der Waals surface area contributed by atoms with Gasteiger partial charge in [-0.25, -0.2) is 0 Å². The molecule has 0 spiro atoms. The average molecular weight is 332 g/mol. The van der Waals surface area contributed by atoms with E-state index >= 15 is 0 Å². The maximum atomic E-state index is 8.40. The molecular formula is C21H33NO2. The molecule has 3 heteroatoms. The molecular weight excluding hydrogens is 298 g/mol. The smallest absolute Gasteiger partial charge is 0.119 e. The molecule has 1 aromatic carbocycles. The molecule has 0 saturated heterocycles. The number of aliphatic hydroxyl groups excluding tert-OH is 1. The molecule has 0 aliphatic rings. The molecule has 0 unspecified atom stereocenters. The third kappa shape index (κ3) is 16.6. The van der Waals surface area contributed by atoms with Crippen molar-refractivity contribution in [2.24, 2.45) is 0 Å². The number of aliphatic hydroxyl groups is 1. The minimum atomic E-state index is 0.0644. The van der Waals surface area contributed by atoms with Crippen molar-refractivity contribution >= 4 is 0 Å². The molecule has 1 rings (SSSR count). The number of nitrogens with zero attached hydrogens (tertiary/aromatic N) is 1. The summed E-state index contributed by atoms with van der Waals surface area (Å²) in [7, 11) is 0. The SMILES string of the molecule is CCCCCCCCCCC=CC#N.OCCOc1ccccc1. The summed E-state index contributed by atoms with van der Waals surface area (Å²) in [6.07, 6.45) is 15.5. The molecule has 0 amide bonds. The number of unbranched alkanes of at least 4 members (excludes halogenated alkanes) is 8. The highest BCUT2D eigenvalue weighted by Gasteiger charge is 1.90. The molecule has 1 aromatic rings. The molecule has 3 nitrogen and oxygen atoms in total. The van der Waals surface area contributed by atoms with Gasteiger partial charge in [0.25, 0.3) is 0 Å². The van der Waals surface area contributed by atoms with E-state index in [1.807, 2.05) is 42.5 Å². The van der Waals surface area contributed by atoms with Crippen LogP contribution >= 0.6 is 0 Å². The van der Waals surface area contributed by atoms with Crippen molar-refractivity contribution in [3.05, 3.63) is 42.5 Å². The van der Waals surface area contributed by atoms with Crippen molar-refractivity contribution in [2.45, 2.75) is 64.7 Å². The van der Waals surface area contributed by atoms with Gasteiger partial charge in [-0.3, -0.25) is 0 Å². The molecule has 0 atom stereocenters. The molecule has 0 bridgehead atoms. The molecule has 0 aromatic heterocycles. The zero-order valence-corrected chi connectivity index (χ0v) is 15.1. The van der Waals surface area contributed by atoms with E-state index in [4.69, 9.17) is 15.1 Å². The van der Waals surface area contributed by atoms with Crippen molar-refractivity contribution in [2.75, 3.05) is 13.2 Å².